The minimum Gasteiger partial charge on any atom is -0.332 e. The maximum atomic E-state index is 14.2. The van der Waals surface area contributed by atoms with E-state index in [1.54, 1.807) is 0 Å². The highest BCUT2D eigenvalue weighted by atomic mass is 32.2. The fraction of sp³-hybridized carbons (Fsp3) is 0.632. The molecule has 2 unspecified atom stereocenters. The minimum absolute atomic E-state index is 0.0675. The number of hydrogen-bond acceptors (Lipinski definition) is 3. The summed E-state index contributed by atoms with van der Waals surface area (Å²) in [5.41, 5.74) is 0.194. The number of carbonyl (C=O) groups excluding carboxylic acids is 1. The monoisotopic (exact) mass is 395 g/mol. The van der Waals surface area contributed by atoms with E-state index >= 15 is 0 Å². The largest absolute Gasteiger partial charge is 0.332 e. The standard InChI is InChI=1S/C19H26FN3O3S/c1-17-6-12-7-18(2,9-17)11-19(8-12,10-17)23-16(24)22-15-4-3-13(5-14(15)20)27(21,25)26/h3-5,12H,6-11H2,1-2H3,(H2,21,25,26)(H2,22,23,24)/t12?,17-,18+,19?. The summed E-state index contributed by atoms with van der Waals surface area (Å²) < 4.78 is 36.8. The van der Waals surface area contributed by atoms with Crippen molar-refractivity contribution in [3.63, 3.8) is 0 Å². The highest BCUT2D eigenvalue weighted by Crippen LogP contribution is 2.66. The predicted octanol–water partition coefficient (Wildman–Crippen LogP) is 3.34. The Morgan fingerprint density at radius 1 is 1.15 bits per heavy atom. The summed E-state index contributed by atoms with van der Waals surface area (Å²) in [7, 11) is -3.99. The van der Waals surface area contributed by atoms with Gasteiger partial charge < -0.3 is 10.6 Å². The van der Waals surface area contributed by atoms with Gasteiger partial charge >= 0.3 is 6.03 Å². The zero-order valence-corrected chi connectivity index (χ0v) is 16.5. The number of benzene rings is 1. The fourth-order valence-electron chi connectivity index (χ4n) is 6.76. The molecule has 4 fully saturated rings. The van der Waals surface area contributed by atoms with Crippen molar-refractivity contribution in [1.82, 2.24) is 5.32 Å². The van der Waals surface area contributed by atoms with Gasteiger partial charge in [-0.15, -0.1) is 0 Å². The molecule has 0 spiro atoms. The van der Waals surface area contributed by atoms with E-state index in [0.29, 0.717) is 5.92 Å². The molecule has 4 atom stereocenters. The van der Waals surface area contributed by atoms with E-state index in [4.69, 9.17) is 5.14 Å². The van der Waals surface area contributed by atoms with Gasteiger partial charge in [0, 0.05) is 5.54 Å². The number of sulfonamides is 1. The van der Waals surface area contributed by atoms with Crippen molar-refractivity contribution in [2.24, 2.45) is 21.9 Å². The van der Waals surface area contributed by atoms with Crippen LogP contribution in [0, 0.1) is 22.6 Å². The van der Waals surface area contributed by atoms with Crippen LogP contribution in [0.15, 0.2) is 23.1 Å². The number of primary sulfonamides is 1. The number of amides is 2. The first kappa shape index (κ1) is 18.7. The first-order chi connectivity index (χ1) is 12.4. The van der Waals surface area contributed by atoms with Gasteiger partial charge in [-0.1, -0.05) is 13.8 Å². The van der Waals surface area contributed by atoms with Crippen molar-refractivity contribution in [2.75, 3.05) is 5.32 Å². The Morgan fingerprint density at radius 2 is 1.78 bits per heavy atom. The summed E-state index contributed by atoms with van der Waals surface area (Å²) in [6.45, 7) is 4.63. The Hall–Kier alpha value is -1.67. The summed E-state index contributed by atoms with van der Waals surface area (Å²) >= 11 is 0. The van der Waals surface area contributed by atoms with Crippen LogP contribution in [0.1, 0.15) is 52.4 Å². The Bertz CT molecular complexity index is 899. The van der Waals surface area contributed by atoms with Gasteiger partial charge in [-0.3, -0.25) is 0 Å². The van der Waals surface area contributed by atoms with Crippen molar-refractivity contribution in [3.8, 4) is 0 Å². The van der Waals surface area contributed by atoms with Gasteiger partial charge in [0.2, 0.25) is 10.0 Å². The lowest BCUT2D eigenvalue weighted by Crippen LogP contribution is -2.65. The zero-order valence-electron chi connectivity index (χ0n) is 15.6. The number of nitrogens with one attached hydrogen (secondary N) is 2. The van der Waals surface area contributed by atoms with Gasteiger partial charge in [0.1, 0.15) is 5.82 Å². The molecule has 5 rings (SSSR count). The molecule has 0 aliphatic heterocycles. The van der Waals surface area contributed by atoms with Crippen molar-refractivity contribution in [1.29, 1.82) is 0 Å². The van der Waals surface area contributed by atoms with Crippen LogP contribution in [0.25, 0.3) is 0 Å². The number of rotatable bonds is 3. The lowest BCUT2D eigenvalue weighted by Gasteiger charge is -2.65. The summed E-state index contributed by atoms with van der Waals surface area (Å²) in [5, 5.41) is 10.7. The van der Waals surface area contributed by atoms with Gasteiger partial charge in [0.25, 0.3) is 0 Å². The smallest absolute Gasteiger partial charge is 0.319 e. The summed E-state index contributed by atoms with van der Waals surface area (Å²) in [5.74, 6) is -0.205. The van der Waals surface area contributed by atoms with Crippen molar-refractivity contribution in [2.45, 2.75) is 62.8 Å². The van der Waals surface area contributed by atoms with Crippen molar-refractivity contribution >= 4 is 21.7 Å². The van der Waals surface area contributed by atoms with Gasteiger partial charge in [0.05, 0.1) is 10.6 Å². The van der Waals surface area contributed by atoms with E-state index in [1.807, 2.05) is 0 Å². The van der Waals surface area contributed by atoms with Crippen LogP contribution in [-0.4, -0.2) is 20.0 Å². The molecule has 0 saturated heterocycles. The van der Waals surface area contributed by atoms with Gasteiger partial charge in [-0.2, -0.15) is 0 Å². The second-order valence-electron chi connectivity index (χ2n) is 9.68. The molecule has 6 nitrogen and oxygen atoms in total. The van der Waals surface area contributed by atoms with Gasteiger partial charge in [-0.25, -0.2) is 22.7 Å². The average Bonchev–Trinajstić information content (AvgIpc) is 2.43. The quantitative estimate of drug-likeness (QED) is 0.731. The van der Waals surface area contributed by atoms with Crippen LogP contribution in [0.4, 0.5) is 14.9 Å². The van der Waals surface area contributed by atoms with E-state index in [1.165, 1.54) is 31.4 Å². The Balaban J connectivity index is 1.50. The van der Waals surface area contributed by atoms with Crippen molar-refractivity contribution < 1.29 is 17.6 Å². The molecular weight excluding hydrogens is 369 g/mol. The number of halogens is 1. The lowest BCUT2D eigenvalue weighted by atomic mass is 9.43. The number of carbonyl (C=O) groups is 1. The molecule has 4 N–H and O–H groups in total. The van der Waals surface area contributed by atoms with E-state index < -0.39 is 21.9 Å². The molecule has 0 heterocycles. The molecule has 4 bridgehead atoms. The van der Waals surface area contributed by atoms with Crippen LogP contribution in [-0.2, 0) is 10.0 Å². The second kappa shape index (κ2) is 5.67. The number of urea groups is 1. The van der Waals surface area contributed by atoms with E-state index in [2.05, 4.69) is 24.5 Å². The molecule has 148 valence electrons. The van der Waals surface area contributed by atoms with E-state index in [0.717, 1.165) is 25.3 Å². The predicted molar refractivity (Wildman–Crippen MR) is 100 cm³/mol. The third-order valence-corrected chi connectivity index (χ3v) is 7.43. The van der Waals surface area contributed by atoms with Crippen molar-refractivity contribution in [3.05, 3.63) is 24.0 Å². The molecular formula is C19H26FN3O3S. The zero-order chi connectivity index (χ0) is 19.7. The Kier molecular flexibility index (Phi) is 3.92. The fourth-order valence-corrected chi connectivity index (χ4v) is 7.28. The molecule has 27 heavy (non-hydrogen) atoms. The highest BCUT2D eigenvalue weighted by molar-refractivity contribution is 7.89. The van der Waals surface area contributed by atoms with Gasteiger partial charge in [0.15, 0.2) is 0 Å². The molecule has 1 aromatic rings. The SMILES string of the molecule is C[C@]12CC3CC(NC(=O)Nc4ccc(S(N)(=O)=O)cc4F)(C1)C[C@@](C)(C3)C2. The van der Waals surface area contributed by atoms with Crippen LogP contribution in [0.2, 0.25) is 0 Å². The third kappa shape index (κ3) is 3.45. The molecule has 0 aromatic heterocycles. The average molecular weight is 396 g/mol. The molecule has 2 amide bonds. The normalized spacial score (nSPS) is 37.3. The van der Waals surface area contributed by atoms with Crippen LogP contribution < -0.4 is 15.8 Å². The molecule has 4 aliphatic rings. The summed E-state index contributed by atoms with van der Waals surface area (Å²) in [4.78, 5) is 12.3. The second-order valence-corrected chi connectivity index (χ2v) is 11.2. The molecule has 8 heteroatoms. The highest BCUT2D eigenvalue weighted by Gasteiger charge is 2.60. The minimum atomic E-state index is -3.99. The third-order valence-electron chi connectivity index (χ3n) is 6.52. The Morgan fingerprint density at radius 3 is 2.30 bits per heavy atom. The summed E-state index contributed by atoms with van der Waals surface area (Å²) in [6.07, 6.45) is 6.51. The number of anilines is 1. The van der Waals surface area contributed by atoms with Gasteiger partial charge in [-0.05, 0) is 73.5 Å². The topological polar surface area (TPSA) is 101 Å². The lowest BCUT2D eigenvalue weighted by molar-refractivity contribution is -0.113. The summed E-state index contributed by atoms with van der Waals surface area (Å²) in [6, 6.07) is 2.77. The molecule has 0 radical (unpaired) electrons. The number of nitrogens with two attached hydrogens (primary N) is 1. The van der Waals surface area contributed by atoms with Crippen LogP contribution >= 0.6 is 0 Å². The Labute approximate surface area is 159 Å². The molecule has 1 aromatic carbocycles. The molecule has 4 saturated carbocycles. The van der Waals surface area contributed by atoms with Crippen LogP contribution in [0.5, 0.6) is 0 Å². The van der Waals surface area contributed by atoms with Crippen LogP contribution in [0.3, 0.4) is 0 Å². The first-order valence-electron chi connectivity index (χ1n) is 9.31. The maximum absolute atomic E-state index is 14.2. The maximum Gasteiger partial charge on any atom is 0.319 e. The van der Waals surface area contributed by atoms with E-state index in [-0.39, 0.29) is 27.0 Å². The van der Waals surface area contributed by atoms with E-state index in [9.17, 15) is 17.6 Å². The number of hydrogen-bond donors (Lipinski definition) is 3. The first-order valence-corrected chi connectivity index (χ1v) is 10.9. The molecule has 4 aliphatic carbocycles.